The number of nitrogens with zero attached hydrogens (tertiary/aromatic N) is 2. The lowest BCUT2D eigenvalue weighted by Crippen LogP contribution is -2.44. The SMILES string of the molecule is CN(C(=O)C1CCOC2(CCCC2)C1)c1ccc(F)cn1. The molecule has 1 atom stereocenters. The lowest BCUT2D eigenvalue weighted by molar-refractivity contribution is -0.135. The van der Waals surface area contributed by atoms with E-state index in [-0.39, 0.29) is 17.4 Å². The molecule has 3 rings (SSSR count). The molecule has 2 aliphatic rings. The quantitative estimate of drug-likeness (QED) is 0.841. The molecule has 1 spiro atoms. The zero-order valence-corrected chi connectivity index (χ0v) is 12.3. The van der Waals surface area contributed by atoms with E-state index < -0.39 is 5.82 Å². The van der Waals surface area contributed by atoms with Crippen LogP contribution in [0.3, 0.4) is 0 Å². The Hall–Kier alpha value is -1.49. The summed E-state index contributed by atoms with van der Waals surface area (Å²) < 4.78 is 18.9. The highest BCUT2D eigenvalue weighted by Gasteiger charge is 2.42. The van der Waals surface area contributed by atoms with E-state index >= 15 is 0 Å². The zero-order valence-electron chi connectivity index (χ0n) is 12.3. The van der Waals surface area contributed by atoms with Crippen molar-refractivity contribution in [2.24, 2.45) is 5.92 Å². The smallest absolute Gasteiger partial charge is 0.231 e. The monoisotopic (exact) mass is 292 g/mol. The molecule has 1 saturated carbocycles. The van der Waals surface area contributed by atoms with E-state index in [2.05, 4.69) is 4.98 Å². The maximum absolute atomic E-state index is 12.9. The predicted molar refractivity (Wildman–Crippen MR) is 77.5 cm³/mol. The van der Waals surface area contributed by atoms with Crippen LogP contribution in [0.1, 0.15) is 38.5 Å². The Morgan fingerprint density at radius 1 is 1.43 bits per heavy atom. The molecule has 4 nitrogen and oxygen atoms in total. The molecule has 1 aliphatic carbocycles. The number of rotatable bonds is 2. The molecule has 21 heavy (non-hydrogen) atoms. The van der Waals surface area contributed by atoms with Gasteiger partial charge < -0.3 is 4.74 Å². The summed E-state index contributed by atoms with van der Waals surface area (Å²) in [6.45, 7) is 0.654. The third kappa shape index (κ3) is 2.93. The van der Waals surface area contributed by atoms with Crippen LogP contribution in [0.4, 0.5) is 10.2 Å². The van der Waals surface area contributed by atoms with E-state index in [1.165, 1.54) is 29.9 Å². The zero-order chi connectivity index (χ0) is 14.9. The predicted octanol–water partition coefficient (Wildman–Crippen LogP) is 2.92. The molecule has 5 heteroatoms. The first-order valence-corrected chi connectivity index (χ1v) is 7.63. The summed E-state index contributed by atoms with van der Waals surface area (Å²) in [4.78, 5) is 18.2. The maximum atomic E-state index is 12.9. The number of hydrogen-bond acceptors (Lipinski definition) is 3. The second kappa shape index (κ2) is 5.72. The van der Waals surface area contributed by atoms with Crippen LogP contribution < -0.4 is 4.90 Å². The van der Waals surface area contributed by atoms with Gasteiger partial charge in [-0.2, -0.15) is 0 Å². The molecule has 0 N–H and O–H groups in total. The minimum Gasteiger partial charge on any atom is -0.375 e. The lowest BCUT2D eigenvalue weighted by Gasteiger charge is -2.38. The molecule has 1 amide bonds. The van der Waals surface area contributed by atoms with Gasteiger partial charge in [-0.05, 0) is 37.8 Å². The van der Waals surface area contributed by atoms with Gasteiger partial charge in [0.15, 0.2) is 0 Å². The van der Waals surface area contributed by atoms with Crippen molar-refractivity contribution in [2.75, 3.05) is 18.6 Å². The molecule has 1 aromatic heterocycles. The summed E-state index contributed by atoms with van der Waals surface area (Å²) in [6.07, 6.45) is 7.21. The standard InChI is InChI=1S/C16H21FN2O2/c1-19(14-5-4-13(17)11-18-14)15(20)12-6-9-21-16(10-12)7-2-3-8-16/h4-5,11-12H,2-3,6-10H2,1H3. The third-order valence-corrected chi connectivity index (χ3v) is 4.74. The topological polar surface area (TPSA) is 42.4 Å². The van der Waals surface area contributed by atoms with Crippen LogP contribution in [0.5, 0.6) is 0 Å². The van der Waals surface area contributed by atoms with Gasteiger partial charge in [-0.3, -0.25) is 9.69 Å². The molecule has 1 saturated heterocycles. The summed E-state index contributed by atoms with van der Waals surface area (Å²) >= 11 is 0. The Labute approximate surface area is 124 Å². The van der Waals surface area contributed by atoms with Crippen molar-refractivity contribution in [1.82, 2.24) is 4.98 Å². The number of aromatic nitrogens is 1. The molecule has 0 bridgehead atoms. The maximum Gasteiger partial charge on any atom is 0.231 e. The minimum atomic E-state index is -0.393. The molecule has 114 valence electrons. The number of ether oxygens (including phenoxy) is 1. The van der Waals surface area contributed by atoms with Gasteiger partial charge in [0, 0.05) is 19.6 Å². The average Bonchev–Trinajstić information content (AvgIpc) is 2.94. The molecular weight excluding hydrogens is 271 g/mol. The van der Waals surface area contributed by atoms with Crippen molar-refractivity contribution in [3.05, 3.63) is 24.1 Å². The molecule has 1 unspecified atom stereocenters. The van der Waals surface area contributed by atoms with E-state index in [0.29, 0.717) is 12.4 Å². The van der Waals surface area contributed by atoms with Crippen molar-refractivity contribution >= 4 is 11.7 Å². The summed E-state index contributed by atoms with van der Waals surface area (Å²) in [5, 5.41) is 0. The fourth-order valence-corrected chi connectivity index (χ4v) is 3.56. The van der Waals surface area contributed by atoms with E-state index in [1.807, 2.05) is 0 Å². The fourth-order valence-electron chi connectivity index (χ4n) is 3.56. The molecular formula is C16H21FN2O2. The second-order valence-corrected chi connectivity index (χ2v) is 6.16. The van der Waals surface area contributed by atoms with E-state index in [4.69, 9.17) is 4.74 Å². The third-order valence-electron chi connectivity index (χ3n) is 4.74. The van der Waals surface area contributed by atoms with Gasteiger partial charge in [0.05, 0.1) is 11.8 Å². The van der Waals surface area contributed by atoms with Crippen molar-refractivity contribution in [1.29, 1.82) is 0 Å². The number of carbonyl (C=O) groups excluding carboxylic acids is 1. The molecule has 2 fully saturated rings. The van der Waals surface area contributed by atoms with Gasteiger partial charge in [-0.1, -0.05) is 12.8 Å². The van der Waals surface area contributed by atoms with Crippen molar-refractivity contribution < 1.29 is 13.9 Å². The average molecular weight is 292 g/mol. The van der Waals surface area contributed by atoms with Crippen LogP contribution in [0, 0.1) is 11.7 Å². The van der Waals surface area contributed by atoms with Crippen molar-refractivity contribution in [3.63, 3.8) is 0 Å². The van der Waals surface area contributed by atoms with Crippen molar-refractivity contribution in [3.8, 4) is 0 Å². The number of anilines is 1. The number of hydrogen-bond donors (Lipinski definition) is 0. The van der Waals surface area contributed by atoms with Crippen molar-refractivity contribution in [2.45, 2.75) is 44.1 Å². The Balaban J connectivity index is 1.70. The Kier molecular flexibility index (Phi) is 3.93. The summed E-state index contributed by atoms with van der Waals surface area (Å²) in [5.74, 6) is 0.140. The fraction of sp³-hybridized carbons (Fsp3) is 0.625. The highest BCUT2D eigenvalue weighted by molar-refractivity contribution is 5.93. The first kappa shape index (κ1) is 14.4. The van der Waals surface area contributed by atoms with Crippen LogP contribution in [-0.4, -0.2) is 30.1 Å². The largest absolute Gasteiger partial charge is 0.375 e. The summed E-state index contributed by atoms with van der Waals surface area (Å²) in [5.41, 5.74) is -0.0738. The number of pyridine rings is 1. The summed E-state index contributed by atoms with van der Waals surface area (Å²) in [6, 6.07) is 2.87. The van der Waals surface area contributed by atoms with Gasteiger partial charge in [0.25, 0.3) is 0 Å². The van der Waals surface area contributed by atoms with Crippen LogP contribution in [0.15, 0.2) is 18.3 Å². The van der Waals surface area contributed by atoms with Gasteiger partial charge in [-0.15, -0.1) is 0 Å². The van der Waals surface area contributed by atoms with Gasteiger partial charge in [0.1, 0.15) is 11.6 Å². The van der Waals surface area contributed by atoms with Crippen LogP contribution in [0.25, 0.3) is 0 Å². The molecule has 0 aromatic carbocycles. The van der Waals surface area contributed by atoms with Crippen LogP contribution >= 0.6 is 0 Å². The van der Waals surface area contributed by atoms with Crippen LogP contribution in [0.2, 0.25) is 0 Å². The Morgan fingerprint density at radius 2 is 2.19 bits per heavy atom. The van der Waals surface area contributed by atoms with Crippen LogP contribution in [-0.2, 0) is 9.53 Å². The Morgan fingerprint density at radius 3 is 2.86 bits per heavy atom. The highest BCUT2D eigenvalue weighted by Crippen LogP contribution is 2.42. The van der Waals surface area contributed by atoms with Gasteiger partial charge >= 0.3 is 0 Å². The lowest BCUT2D eigenvalue weighted by atomic mass is 9.84. The van der Waals surface area contributed by atoms with Gasteiger partial charge in [-0.25, -0.2) is 9.37 Å². The number of amides is 1. The first-order chi connectivity index (χ1) is 10.1. The normalized spacial score (nSPS) is 24.2. The minimum absolute atomic E-state index is 0.0197. The van der Waals surface area contributed by atoms with E-state index in [1.54, 1.807) is 7.05 Å². The Bertz CT molecular complexity index is 512. The summed E-state index contributed by atoms with van der Waals surface area (Å²) in [7, 11) is 1.71. The molecule has 0 radical (unpaired) electrons. The van der Waals surface area contributed by atoms with E-state index in [9.17, 15) is 9.18 Å². The molecule has 1 aromatic rings. The molecule has 2 heterocycles. The first-order valence-electron chi connectivity index (χ1n) is 7.63. The molecule has 1 aliphatic heterocycles. The number of carbonyl (C=O) groups is 1. The van der Waals surface area contributed by atoms with Gasteiger partial charge in [0.2, 0.25) is 5.91 Å². The number of halogens is 1. The highest BCUT2D eigenvalue weighted by atomic mass is 19.1. The van der Waals surface area contributed by atoms with E-state index in [0.717, 1.165) is 31.9 Å². The second-order valence-electron chi connectivity index (χ2n) is 6.16.